The first kappa shape index (κ1) is 15.8. The Balaban J connectivity index is 2.35. The van der Waals surface area contributed by atoms with Crippen LogP contribution < -0.4 is 4.72 Å². The summed E-state index contributed by atoms with van der Waals surface area (Å²) in [6.07, 6.45) is 1.32. The molecule has 0 saturated carbocycles. The van der Waals surface area contributed by atoms with Gasteiger partial charge >= 0.3 is 5.97 Å². The summed E-state index contributed by atoms with van der Waals surface area (Å²) in [6, 6.07) is 8.00. The maximum Gasteiger partial charge on any atom is 0.352 e. The van der Waals surface area contributed by atoms with Crippen LogP contribution in [0.1, 0.15) is 17.4 Å². The fraction of sp³-hybridized carbons (Fsp3) is 0.154. The van der Waals surface area contributed by atoms with Gasteiger partial charge in [-0.05, 0) is 59.8 Å². The van der Waals surface area contributed by atoms with E-state index in [1.807, 2.05) is 0 Å². The van der Waals surface area contributed by atoms with Crippen molar-refractivity contribution in [2.24, 2.45) is 0 Å². The summed E-state index contributed by atoms with van der Waals surface area (Å²) < 4.78 is 29.3. The molecule has 0 atom stereocenters. The summed E-state index contributed by atoms with van der Waals surface area (Å²) >= 11 is 2.12. The van der Waals surface area contributed by atoms with Crippen LogP contribution in [0, 0.1) is 3.57 Å². The van der Waals surface area contributed by atoms with Crippen LogP contribution in [0.2, 0.25) is 0 Å². The lowest BCUT2D eigenvalue weighted by molar-refractivity contribution is 0.0685. The Kier molecular flexibility index (Phi) is 4.57. The minimum atomic E-state index is -3.81. The first-order valence-corrected chi connectivity index (χ1v) is 8.61. The van der Waals surface area contributed by atoms with Crippen LogP contribution in [0.5, 0.6) is 0 Å². The van der Waals surface area contributed by atoms with E-state index in [1.54, 1.807) is 31.2 Å². The average molecular weight is 420 g/mol. The number of carboxylic acids is 1. The summed E-state index contributed by atoms with van der Waals surface area (Å²) in [7, 11) is -3.81. The number of benzene rings is 1. The number of hydrogen-bond donors (Lipinski definition) is 2. The lowest BCUT2D eigenvalue weighted by Gasteiger charge is -2.06. The monoisotopic (exact) mass is 420 g/mol. The lowest BCUT2D eigenvalue weighted by atomic mass is 10.3. The van der Waals surface area contributed by atoms with Gasteiger partial charge in [-0.1, -0.05) is 0 Å². The third-order valence-electron chi connectivity index (χ3n) is 2.84. The molecule has 21 heavy (non-hydrogen) atoms. The van der Waals surface area contributed by atoms with Gasteiger partial charge in [0.05, 0.1) is 0 Å². The second-order valence-electron chi connectivity index (χ2n) is 4.26. The molecule has 0 unspecified atom stereocenters. The second kappa shape index (κ2) is 6.06. The van der Waals surface area contributed by atoms with E-state index >= 15 is 0 Å². The number of sulfonamides is 1. The molecule has 0 saturated heterocycles. The minimum absolute atomic E-state index is 0.0551. The van der Waals surface area contributed by atoms with Crippen LogP contribution in [-0.4, -0.2) is 24.1 Å². The zero-order valence-electron chi connectivity index (χ0n) is 11.1. The summed E-state index contributed by atoms with van der Waals surface area (Å²) in [4.78, 5) is 11.0. The van der Waals surface area contributed by atoms with Crippen molar-refractivity contribution >= 4 is 44.3 Å². The molecule has 2 N–H and O–H groups in total. The number of aromatic carboxylic acids is 1. The molecule has 0 aliphatic rings. The molecule has 2 aromatic rings. The van der Waals surface area contributed by atoms with E-state index in [1.165, 1.54) is 10.8 Å². The number of rotatable bonds is 5. The Morgan fingerprint density at radius 3 is 2.43 bits per heavy atom. The van der Waals surface area contributed by atoms with Crippen LogP contribution in [0.3, 0.4) is 0 Å². The molecular formula is C13H13IN2O4S. The largest absolute Gasteiger partial charge is 0.477 e. The standard InChI is InChI=1S/C13H13IN2O4S/c1-2-16-8-11(7-12(16)13(17)18)21(19,20)15-10-5-3-9(14)4-6-10/h3-8,15H,2H2,1H3,(H,17,18). The molecule has 1 heterocycles. The Morgan fingerprint density at radius 1 is 1.33 bits per heavy atom. The van der Waals surface area contributed by atoms with E-state index in [0.717, 1.165) is 9.64 Å². The number of aryl methyl sites for hydroxylation is 1. The van der Waals surface area contributed by atoms with Gasteiger partial charge in [0.25, 0.3) is 10.0 Å². The van der Waals surface area contributed by atoms with Crippen molar-refractivity contribution in [2.45, 2.75) is 18.4 Å². The van der Waals surface area contributed by atoms with E-state index < -0.39 is 16.0 Å². The third kappa shape index (κ3) is 3.56. The fourth-order valence-corrected chi connectivity index (χ4v) is 3.26. The maximum atomic E-state index is 12.3. The molecule has 8 heteroatoms. The van der Waals surface area contributed by atoms with Crippen molar-refractivity contribution in [3.05, 3.63) is 45.8 Å². The molecule has 0 aliphatic heterocycles. The Hall–Kier alpha value is -1.55. The molecule has 6 nitrogen and oxygen atoms in total. The van der Waals surface area contributed by atoms with Gasteiger partial charge in [0.2, 0.25) is 0 Å². The number of carboxylic acid groups (broad SMARTS) is 1. The number of carbonyl (C=O) groups is 1. The van der Waals surface area contributed by atoms with Crippen LogP contribution >= 0.6 is 22.6 Å². The highest BCUT2D eigenvalue weighted by Gasteiger charge is 2.21. The smallest absolute Gasteiger partial charge is 0.352 e. The SMILES string of the molecule is CCn1cc(S(=O)(=O)Nc2ccc(I)cc2)cc1C(=O)O. The summed E-state index contributed by atoms with van der Waals surface area (Å²) in [5.41, 5.74) is 0.372. The van der Waals surface area contributed by atoms with E-state index in [9.17, 15) is 13.2 Å². The zero-order chi connectivity index (χ0) is 15.6. The van der Waals surface area contributed by atoms with Crippen molar-refractivity contribution in [3.8, 4) is 0 Å². The van der Waals surface area contributed by atoms with Gasteiger partial charge in [-0.25, -0.2) is 13.2 Å². The molecule has 112 valence electrons. The molecule has 0 radical (unpaired) electrons. The van der Waals surface area contributed by atoms with Gasteiger partial charge in [0.15, 0.2) is 0 Å². The maximum absolute atomic E-state index is 12.3. The van der Waals surface area contributed by atoms with Gasteiger partial charge in [0, 0.05) is 22.0 Å². The highest BCUT2D eigenvalue weighted by molar-refractivity contribution is 14.1. The van der Waals surface area contributed by atoms with Crippen molar-refractivity contribution in [1.82, 2.24) is 4.57 Å². The molecule has 1 aromatic heterocycles. The van der Waals surface area contributed by atoms with E-state index in [-0.39, 0.29) is 10.6 Å². The molecule has 0 fully saturated rings. The molecule has 0 amide bonds. The van der Waals surface area contributed by atoms with Crippen LogP contribution in [-0.2, 0) is 16.6 Å². The van der Waals surface area contributed by atoms with Crippen molar-refractivity contribution < 1.29 is 18.3 Å². The number of hydrogen-bond acceptors (Lipinski definition) is 3. The first-order valence-electron chi connectivity index (χ1n) is 6.05. The van der Waals surface area contributed by atoms with Crippen LogP contribution in [0.15, 0.2) is 41.4 Å². The van der Waals surface area contributed by atoms with Crippen molar-refractivity contribution in [1.29, 1.82) is 0 Å². The van der Waals surface area contributed by atoms with Gasteiger partial charge in [-0.2, -0.15) is 0 Å². The average Bonchev–Trinajstić information content (AvgIpc) is 2.86. The first-order chi connectivity index (χ1) is 9.83. The topological polar surface area (TPSA) is 88.4 Å². The third-order valence-corrected chi connectivity index (χ3v) is 4.91. The van der Waals surface area contributed by atoms with Gasteiger partial charge in [-0.15, -0.1) is 0 Å². The van der Waals surface area contributed by atoms with E-state index in [4.69, 9.17) is 5.11 Å². The summed E-state index contributed by atoms with van der Waals surface area (Å²) in [6.45, 7) is 2.12. The van der Waals surface area contributed by atoms with Crippen LogP contribution in [0.4, 0.5) is 5.69 Å². The molecule has 0 spiro atoms. The van der Waals surface area contributed by atoms with Crippen molar-refractivity contribution in [2.75, 3.05) is 4.72 Å². The number of nitrogens with one attached hydrogen (secondary N) is 1. The van der Waals surface area contributed by atoms with Gasteiger partial charge < -0.3 is 9.67 Å². The Bertz CT molecular complexity index is 766. The van der Waals surface area contributed by atoms with Gasteiger partial charge in [-0.3, -0.25) is 4.72 Å². The Labute approximate surface area is 136 Å². The summed E-state index contributed by atoms with van der Waals surface area (Å²) in [5.74, 6) is -1.16. The number of anilines is 1. The van der Waals surface area contributed by atoms with Crippen molar-refractivity contribution in [3.63, 3.8) is 0 Å². The molecule has 0 bridgehead atoms. The minimum Gasteiger partial charge on any atom is -0.477 e. The normalized spacial score (nSPS) is 11.3. The summed E-state index contributed by atoms with van der Waals surface area (Å²) in [5, 5.41) is 9.06. The van der Waals surface area contributed by atoms with E-state index in [0.29, 0.717) is 12.2 Å². The Morgan fingerprint density at radius 2 is 1.95 bits per heavy atom. The number of halogens is 1. The predicted octanol–water partition coefficient (Wildman–Crippen LogP) is 2.61. The molecular weight excluding hydrogens is 407 g/mol. The highest BCUT2D eigenvalue weighted by Crippen LogP contribution is 2.19. The van der Waals surface area contributed by atoms with E-state index in [2.05, 4.69) is 27.3 Å². The fourth-order valence-electron chi connectivity index (χ4n) is 1.80. The zero-order valence-corrected chi connectivity index (χ0v) is 14.1. The second-order valence-corrected chi connectivity index (χ2v) is 7.19. The molecule has 1 aromatic carbocycles. The number of aromatic nitrogens is 1. The molecule has 0 aliphatic carbocycles. The van der Waals surface area contributed by atoms with Crippen LogP contribution in [0.25, 0.3) is 0 Å². The molecule has 2 rings (SSSR count). The highest BCUT2D eigenvalue weighted by atomic mass is 127. The van der Waals surface area contributed by atoms with Gasteiger partial charge in [0.1, 0.15) is 10.6 Å². The lowest BCUT2D eigenvalue weighted by Crippen LogP contribution is -2.12. The predicted molar refractivity (Wildman–Crippen MR) is 87.0 cm³/mol. The number of nitrogens with zero attached hydrogens (tertiary/aromatic N) is 1. The quantitative estimate of drug-likeness (QED) is 0.729.